The van der Waals surface area contributed by atoms with Crippen molar-refractivity contribution >= 4 is 22.8 Å². The molecule has 4 rings (SSSR count). The highest BCUT2D eigenvalue weighted by molar-refractivity contribution is 6.13. The summed E-state index contributed by atoms with van der Waals surface area (Å²) in [4.78, 5) is 12.6. The van der Waals surface area contributed by atoms with E-state index < -0.39 is 0 Å². The van der Waals surface area contributed by atoms with Gasteiger partial charge >= 0.3 is 0 Å². The largest absolute Gasteiger partial charge is 0.351 e. The van der Waals surface area contributed by atoms with Crippen molar-refractivity contribution in [2.45, 2.75) is 12.8 Å². The van der Waals surface area contributed by atoms with E-state index in [1.54, 1.807) is 0 Å². The van der Waals surface area contributed by atoms with E-state index in [2.05, 4.69) is 41.1 Å². The minimum atomic E-state index is 0.176. The molecule has 0 amide bonds. The van der Waals surface area contributed by atoms with Crippen LogP contribution in [-0.2, 0) is 13.5 Å². The second-order valence-corrected chi connectivity index (χ2v) is 5.90. The minimum Gasteiger partial charge on any atom is -0.351 e. The lowest BCUT2D eigenvalue weighted by Crippen LogP contribution is -2.13. The maximum atomic E-state index is 12.6. The molecule has 0 saturated carbocycles. The van der Waals surface area contributed by atoms with Crippen LogP contribution in [0, 0.1) is 0 Å². The van der Waals surface area contributed by atoms with Crippen LogP contribution in [0.4, 0.5) is 0 Å². The first-order valence-corrected chi connectivity index (χ1v) is 7.60. The number of hydrogen-bond donors (Lipinski definition) is 0. The van der Waals surface area contributed by atoms with Crippen LogP contribution >= 0.6 is 0 Å². The van der Waals surface area contributed by atoms with Crippen LogP contribution in [-0.4, -0.2) is 10.4 Å². The van der Waals surface area contributed by atoms with Crippen molar-refractivity contribution in [2.75, 3.05) is 0 Å². The van der Waals surface area contributed by atoms with Gasteiger partial charge < -0.3 is 4.57 Å². The highest BCUT2D eigenvalue weighted by Crippen LogP contribution is 2.27. The van der Waals surface area contributed by atoms with Gasteiger partial charge in [-0.05, 0) is 48.2 Å². The molecule has 0 N–H and O–H groups in total. The topological polar surface area (TPSA) is 22.0 Å². The molecule has 0 aliphatic heterocycles. The SMILES string of the molecule is Cn1ccc2cc(/C=C3\CCc4ccccc4C3=O)ccc21. The monoisotopic (exact) mass is 287 g/mol. The number of carbonyl (C=O) groups is 1. The first-order chi connectivity index (χ1) is 10.7. The molecular formula is C20H17NO. The Morgan fingerprint density at radius 1 is 1.05 bits per heavy atom. The molecule has 1 aliphatic carbocycles. The van der Waals surface area contributed by atoms with Gasteiger partial charge in [0.1, 0.15) is 0 Å². The Morgan fingerprint density at radius 2 is 1.91 bits per heavy atom. The van der Waals surface area contributed by atoms with Crippen molar-refractivity contribution in [1.82, 2.24) is 4.57 Å². The summed E-state index contributed by atoms with van der Waals surface area (Å²) in [6.45, 7) is 0. The third kappa shape index (κ3) is 2.08. The van der Waals surface area contributed by atoms with E-state index in [0.717, 1.165) is 29.5 Å². The van der Waals surface area contributed by atoms with E-state index in [4.69, 9.17) is 0 Å². The molecule has 3 aromatic rings. The van der Waals surface area contributed by atoms with Gasteiger partial charge in [-0.1, -0.05) is 30.3 Å². The molecule has 2 aromatic carbocycles. The summed E-state index contributed by atoms with van der Waals surface area (Å²) in [5.74, 6) is 0.176. The zero-order valence-electron chi connectivity index (χ0n) is 12.5. The Hall–Kier alpha value is -2.61. The van der Waals surface area contributed by atoms with Crippen LogP contribution in [0.2, 0.25) is 0 Å². The number of benzene rings is 2. The van der Waals surface area contributed by atoms with Gasteiger partial charge in [0.2, 0.25) is 0 Å². The highest BCUT2D eigenvalue weighted by Gasteiger charge is 2.21. The fraction of sp³-hybridized carbons (Fsp3) is 0.150. The van der Waals surface area contributed by atoms with Gasteiger partial charge in [0, 0.05) is 35.3 Å². The lowest BCUT2D eigenvalue weighted by Gasteiger charge is -2.17. The van der Waals surface area contributed by atoms with Gasteiger partial charge in [0.15, 0.2) is 5.78 Å². The molecule has 108 valence electrons. The van der Waals surface area contributed by atoms with Crippen molar-refractivity contribution in [3.8, 4) is 0 Å². The number of aromatic nitrogens is 1. The molecule has 2 heteroatoms. The van der Waals surface area contributed by atoms with Crippen LogP contribution in [0.3, 0.4) is 0 Å². The van der Waals surface area contributed by atoms with Crippen LogP contribution in [0.1, 0.15) is 27.9 Å². The van der Waals surface area contributed by atoms with Gasteiger partial charge in [-0.25, -0.2) is 0 Å². The fourth-order valence-corrected chi connectivity index (χ4v) is 3.24. The van der Waals surface area contributed by atoms with Crippen LogP contribution in [0.5, 0.6) is 0 Å². The molecule has 0 saturated heterocycles. The Balaban J connectivity index is 1.74. The van der Waals surface area contributed by atoms with E-state index in [1.807, 2.05) is 31.3 Å². The molecule has 0 bridgehead atoms. The number of Topliss-reactive ketones (excluding diaryl/α,β-unsaturated/α-hetero) is 1. The van der Waals surface area contributed by atoms with Crippen molar-refractivity contribution in [3.05, 3.63) is 77.0 Å². The van der Waals surface area contributed by atoms with E-state index in [-0.39, 0.29) is 5.78 Å². The van der Waals surface area contributed by atoms with Crippen molar-refractivity contribution in [2.24, 2.45) is 7.05 Å². The number of allylic oxidation sites excluding steroid dienone is 1. The maximum Gasteiger partial charge on any atom is 0.189 e. The highest BCUT2D eigenvalue weighted by atomic mass is 16.1. The molecular weight excluding hydrogens is 270 g/mol. The first-order valence-electron chi connectivity index (χ1n) is 7.60. The molecule has 0 spiro atoms. The van der Waals surface area contributed by atoms with Gasteiger partial charge in [-0.3, -0.25) is 4.79 Å². The third-order valence-corrected chi connectivity index (χ3v) is 4.47. The molecule has 1 aliphatic rings. The Bertz CT molecular complexity index is 914. The molecule has 1 aromatic heterocycles. The average molecular weight is 287 g/mol. The summed E-state index contributed by atoms with van der Waals surface area (Å²) in [6.07, 6.45) is 5.87. The van der Waals surface area contributed by atoms with Gasteiger partial charge in [0.05, 0.1) is 0 Å². The molecule has 0 radical (unpaired) electrons. The van der Waals surface area contributed by atoms with Crippen LogP contribution in [0.15, 0.2) is 60.3 Å². The number of carbonyl (C=O) groups excluding carboxylic acids is 1. The predicted molar refractivity (Wildman–Crippen MR) is 90.0 cm³/mol. The minimum absolute atomic E-state index is 0.176. The summed E-state index contributed by atoms with van der Waals surface area (Å²) in [5.41, 5.74) is 5.25. The number of ketones is 1. The molecule has 0 fully saturated rings. The Morgan fingerprint density at radius 3 is 2.82 bits per heavy atom. The van der Waals surface area contributed by atoms with Gasteiger partial charge in [-0.15, -0.1) is 0 Å². The molecule has 1 heterocycles. The van der Waals surface area contributed by atoms with Gasteiger partial charge in [0.25, 0.3) is 0 Å². The Kier molecular flexibility index (Phi) is 2.97. The number of hydrogen-bond acceptors (Lipinski definition) is 1. The van der Waals surface area contributed by atoms with Gasteiger partial charge in [-0.2, -0.15) is 0 Å². The fourth-order valence-electron chi connectivity index (χ4n) is 3.24. The third-order valence-electron chi connectivity index (χ3n) is 4.47. The standard InChI is InChI=1S/C20H17NO/c1-21-11-10-16-12-14(6-9-19(16)21)13-17-8-7-15-4-2-3-5-18(15)20(17)22/h2-6,9-13H,7-8H2,1H3/b17-13+. The van der Waals surface area contributed by atoms with Crippen LogP contribution in [0.25, 0.3) is 17.0 Å². The predicted octanol–water partition coefficient (Wildman–Crippen LogP) is 4.39. The van der Waals surface area contributed by atoms with E-state index in [1.165, 1.54) is 16.5 Å². The number of aryl methyl sites for hydroxylation is 2. The summed E-state index contributed by atoms with van der Waals surface area (Å²) >= 11 is 0. The van der Waals surface area contributed by atoms with Crippen molar-refractivity contribution in [3.63, 3.8) is 0 Å². The van der Waals surface area contributed by atoms with E-state index in [0.29, 0.717) is 0 Å². The average Bonchev–Trinajstić information content (AvgIpc) is 2.91. The molecule has 22 heavy (non-hydrogen) atoms. The van der Waals surface area contributed by atoms with E-state index >= 15 is 0 Å². The second kappa shape index (κ2) is 4.99. The lowest BCUT2D eigenvalue weighted by atomic mass is 9.86. The van der Waals surface area contributed by atoms with Crippen molar-refractivity contribution in [1.29, 1.82) is 0 Å². The molecule has 0 atom stereocenters. The summed E-state index contributed by atoms with van der Waals surface area (Å²) < 4.78 is 2.11. The lowest BCUT2D eigenvalue weighted by molar-refractivity contribution is 0.102. The first kappa shape index (κ1) is 13.1. The summed E-state index contributed by atoms with van der Waals surface area (Å²) in [7, 11) is 2.04. The maximum absolute atomic E-state index is 12.6. The van der Waals surface area contributed by atoms with Crippen molar-refractivity contribution < 1.29 is 4.79 Å². The normalized spacial score (nSPS) is 16.2. The summed E-state index contributed by atoms with van der Waals surface area (Å²) in [5, 5.41) is 1.21. The summed E-state index contributed by atoms with van der Waals surface area (Å²) in [6, 6.07) is 16.4. The Labute approximate surface area is 129 Å². The number of nitrogens with zero attached hydrogens (tertiary/aromatic N) is 1. The quantitative estimate of drug-likeness (QED) is 0.608. The molecule has 2 nitrogen and oxygen atoms in total. The van der Waals surface area contributed by atoms with Crippen LogP contribution < -0.4 is 0 Å². The number of fused-ring (bicyclic) bond motifs is 2. The second-order valence-electron chi connectivity index (χ2n) is 5.90. The number of rotatable bonds is 1. The zero-order valence-corrected chi connectivity index (χ0v) is 12.5. The van der Waals surface area contributed by atoms with E-state index in [9.17, 15) is 4.79 Å². The smallest absolute Gasteiger partial charge is 0.189 e. The molecule has 0 unspecified atom stereocenters. The zero-order chi connectivity index (χ0) is 15.1.